The number of thiazole rings is 1. The number of nitrogen functional groups attached to an aromatic ring is 1. The minimum atomic E-state index is -0.897. The molecule has 332 valence electrons. The Labute approximate surface area is 367 Å². The zero-order valence-corrected chi connectivity index (χ0v) is 37.2. The maximum atomic E-state index is 14.1. The Morgan fingerprint density at radius 3 is 2.26 bits per heavy atom. The number of phenols is 1. The lowest BCUT2D eigenvalue weighted by atomic mass is 9.85. The van der Waals surface area contributed by atoms with E-state index in [1.54, 1.807) is 29.5 Å². The van der Waals surface area contributed by atoms with Gasteiger partial charge in [0.25, 0.3) is 0 Å². The van der Waals surface area contributed by atoms with Crippen LogP contribution in [0.15, 0.2) is 60.1 Å². The highest BCUT2D eigenvalue weighted by atomic mass is 32.1. The average molecular weight is 868 g/mol. The SMILES string of the molecule is Cc1ncsc1-c1ccc([C@H](C)NC(=O)[C@@H]2C[C@@H](O)CN2C(=O)[C@@H](NC(=O)CCCCCCC(=O)NC2CCN(c3cc(-c4ccccc4O)nnc3N)CC2)C(C)(C)C)cc1. The van der Waals surface area contributed by atoms with Crippen LogP contribution in [0.4, 0.5) is 11.5 Å². The quantitative estimate of drug-likeness (QED) is 0.0756. The van der Waals surface area contributed by atoms with E-state index in [0.717, 1.165) is 53.1 Å². The van der Waals surface area contributed by atoms with Crippen LogP contribution in [-0.4, -0.2) is 97.8 Å². The molecule has 4 atom stereocenters. The second-order valence-corrected chi connectivity index (χ2v) is 18.5. The first kappa shape index (κ1) is 45.9. The summed E-state index contributed by atoms with van der Waals surface area (Å²) in [7, 11) is 0. The zero-order valence-electron chi connectivity index (χ0n) is 36.4. The number of para-hydroxylation sites is 1. The van der Waals surface area contributed by atoms with E-state index in [2.05, 4.69) is 36.0 Å². The lowest BCUT2D eigenvalue weighted by molar-refractivity contribution is -0.144. The molecule has 16 heteroatoms. The monoisotopic (exact) mass is 867 g/mol. The van der Waals surface area contributed by atoms with E-state index in [4.69, 9.17) is 5.73 Å². The number of amides is 4. The Bertz CT molecular complexity index is 2180. The van der Waals surface area contributed by atoms with Gasteiger partial charge in [0.15, 0.2) is 5.82 Å². The van der Waals surface area contributed by atoms with Crippen LogP contribution in [0.2, 0.25) is 0 Å². The first-order valence-corrected chi connectivity index (χ1v) is 22.5. The van der Waals surface area contributed by atoms with Gasteiger partial charge >= 0.3 is 0 Å². The van der Waals surface area contributed by atoms with Crippen LogP contribution in [0.25, 0.3) is 21.7 Å². The van der Waals surface area contributed by atoms with E-state index in [-0.39, 0.29) is 54.9 Å². The molecule has 4 aromatic rings. The number of β-amino-alcohol motifs (C(OH)–C–C–N with tert-alkyl or cyclic N) is 1. The van der Waals surface area contributed by atoms with Gasteiger partial charge in [0.05, 0.1) is 39.6 Å². The van der Waals surface area contributed by atoms with Gasteiger partial charge in [-0.15, -0.1) is 21.5 Å². The fourth-order valence-corrected chi connectivity index (χ4v) is 9.02. The van der Waals surface area contributed by atoms with Crippen molar-refractivity contribution in [3.05, 3.63) is 71.4 Å². The number of carbonyl (C=O) groups is 4. The third-order valence-electron chi connectivity index (χ3n) is 11.8. The molecule has 4 heterocycles. The summed E-state index contributed by atoms with van der Waals surface area (Å²) < 4.78 is 0. The van der Waals surface area contributed by atoms with Crippen LogP contribution < -0.4 is 26.6 Å². The molecule has 0 bridgehead atoms. The molecule has 2 aliphatic rings. The Kier molecular flexibility index (Phi) is 15.2. The second kappa shape index (κ2) is 20.5. The molecule has 15 nitrogen and oxygen atoms in total. The number of anilines is 2. The number of unbranched alkanes of at least 4 members (excludes halogenated alkanes) is 3. The summed E-state index contributed by atoms with van der Waals surface area (Å²) in [6.07, 6.45) is 4.21. The smallest absolute Gasteiger partial charge is 0.246 e. The standard InChI is InChI=1S/C46H61N9O6S/c1-28(30-16-18-31(19-17-30)41-29(2)48-27-62-41)49-44(60)37-24-33(56)26-55(37)45(61)42(46(3,4)5)51-40(59)15-9-7-6-8-14-39(58)50-32-20-22-54(23-21-32)36-25-35(52-53-43(36)47)34-12-10-11-13-38(34)57/h10-13,16-19,25,27-28,32-33,37,42,56-57H,6-9,14-15,20-24,26H2,1-5H3,(H2,47,53)(H,49,60)(H,50,58)(H,51,59)/t28-,33+,37-,42+/m0/s1. The number of likely N-dealkylation sites (tertiary alicyclic amines) is 1. The van der Waals surface area contributed by atoms with Gasteiger partial charge in [0.2, 0.25) is 23.6 Å². The van der Waals surface area contributed by atoms with Crippen molar-refractivity contribution in [2.75, 3.05) is 30.3 Å². The summed E-state index contributed by atoms with van der Waals surface area (Å²) in [5, 5.41) is 38.3. The third kappa shape index (κ3) is 11.6. The molecule has 2 saturated heterocycles. The van der Waals surface area contributed by atoms with Crippen molar-refractivity contribution in [1.29, 1.82) is 0 Å². The van der Waals surface area contributed by atoms with Gasteiger partial charge in [-0.25, -0.2) is 4.98 Å². The van der Waals surface area contributed by atoms with Crippen LogP contribution in [0.5, 0.6) is 5.75 Å². The molecule has 0 saturated carbocycles. The van der Waals surface area contributed by atoms with Crippen molar-refractivity contribution in [2.24, 2.45) is 5.41 Å². The molecule has 2 aromatic heterocycles. The lowest BCUT2D eigenvalue weighted by Gasteiger charge is -2.35. The van der Waals surface area contributed by atoms with Crippen LogP contribution in [-0.2, 0) is 19.2 Å². The predicted molar refractivity (Wildman–Crippen MR) is 241 cm³/mol. The third-order valence-corrected chi connectivity index (χ3v) is 12.8. The van der Waals surface area contributed by atoms with E-state index in [9.17, 15) is 29.4 Å². The van der Waals surface area contributed by atoms with Gasteiger partial charge in [-0.05, 0) is 74.3 Å². The first-order chi connectivity index (χ1) is 29.6. The fourth-order valence-electron chi connectivity index (χ4n) is 8.20. The second-order valence-electron chi connectivity index (χ2n) is 17.6. The van der Waals surface area contributed by atoms with Crippen LogP contribution in [0.3, 0.4) is 0 Å². The molecule has 2 fully saturated rings. The number of aryl methyl sites for hydroxylation is 1. The van der Waals surface area contributed by atoms with Gasteiger partial charge in [0.1, 0.15) is 17.8 Å². The average Bonchev–Trinajstić information content (AvgIpc) is 3.86. The molecule has 4 amide bonds. The molecule has 0 aliphatic carbocycles. The van der Waals surface area contributed by atoms with Crippen molar-refractivity contribution in [3.8, 4) is 27.4 Å². The number of aliphatic hydroxyl groups is 1. The van der Waals surface area contributed by atoms with Gasteiger partial charge in [-0.2, -0.15) is 0 Å². The summed E-state index contributed by atoms with van der Waals surface area (Å²) in [5.41, 5.74) is 12.1. The number of nitrogens with zero attached hydrogens (tertiary/aromatic N) is 5. The summed E-state index contributed by atoms with van der Waals surface area (Å²) in [5.74, 6) is -0.567. The number of aromatic hydroxyl groups is 1. The molecule has 0 radical (unpaired) electrons. The van der Waals surface area contributed by atoms with Gasteiger partial charge in [-0.3, -0.25) is 19.2 Å². The summed E-state index contributed by atoms with van der Waals surface area (Å²) in [6, 6.07) is 14.7. The van der Waals surface area contributed by atoms with E-state index in [1.807, 2.05) is 76.5 Å². The maximum absolute atomic E-state index is 14.1. The van der Waals surface area contributed by atoms with Gasteiger partial charge < -0.3 is 41.7 Å². The first-order valence-electron chi connectivity index (χ1n) is 21.6. The summed E-state index contributed by atoms with van der Waals surface area (Å²) >= 11 is 1.58. The number of nitrogens with two attached hydrogens (primary N) is 1. The molecule has 62 heavy (non-hydrogen) atoms. The van der Waals surface area contributed by atoms with Crippen LogP contribution in [0.1, 0.15) is 103 Å². The number of hydrogen-bond acceptors (Lipinski definition) is 12. The minimum absolute atomic E-state index is 0.00430. The number of carbonyl (C=O) groups excluding carboxylic acids is 4. The highest BCUT2D eigenvalue weighted by Gasteiger charge is 2.44. The highest BCUT2D eigenvalue weighted by Crippen LogP contribution is 2.33. The van der Waals surface area contributed by atoms with E-state index < -0.39 is 29.5 Å². The minimum Gasteiger partial charge on any atom is -0.507 e. The molecule has 2 aliphatic heterocycles. The molecule has 6 rings (SSSR count). The van der Waals surface area contributed by atoms with Crippen molar-refractivity contribution in [2.45, 2.75) is 123 Å². The predicted octanol–water partition coefficient (Wildman–Crippen LogP) is 5.66. The maximum Gasteiger partial charge on any atom is 0.246 e. The number of hydrogen-bond donors (Lipinski definition) is 6. The molecule has 0 spiro atoms. The van der Waals surface area contributed by atoms with Crippen molar-refractivity contribution >= 4 is 46.5 Å². The normalized spacial score (nSPS) is 18.0. The fraction of sp³-hybridized carbons (Fsp3) is 0.500. The Morgan fingerprint density at radius 1 is 0.935 bits per heavy atom. The van der Waals surface area contributed by atoms with E-state index >= 15 is 0 Å². The largest absolute Gasteiger partial charge is 0.507 e. The van der Waals surface area contributed by atoms with E-state index in [0.29, 0.717) is 49.4 Å². The summed E-state index contributed by atoms with van der Waals surface area (Å²) in [6.45, 7) is 10.8. The lowest BCUT2D eigenvalue weighted by Crippen LogP contribution is -2.57. The number of aliphatic hydroxyl groups excluding tert-OH is 1. The molecular formula is C46H61N9O6S. The number of nitrogens with one attached hydrogen (secondary N) is 3. The van der Waals surface area contributed by atoms with Crippen LogP contribution in [0, 0.1) is 12.3 Å². The molecule has 2 aromatic carbocycles. The number of aromatic nitrogens is 3. The number of piperidine rings is 1. The van der Waals surface area contributed by atoms with Crippen molar-refractivity contribution < 1.29 is 29.4 Å². The topological polar surface area (TPSA) is 216 Å². The number of benzene rings is 2. The molecule has 0 unspecified atom stereocenters. The Balaban J connectivity index is 0.903. The van der Waals surface area contributed by atoms with Gasteiger partial charge in [0, 0.05) is 50.5 Å². The zero-order chi connectivity index (χ0) is 44.6. The Hall–Kier alpha value is -5.61. The highest BCUT2D eigenvalue weighted by molar-refractivity contribution is 7.13. The van der Waals surface area contributed by atoms with Crippen molar-refractivity contribution in [1.82, 2.24) is 36.0 Å². The summed E-state index contributed by atoms with van der Waals surface area (Å²) in [4.78, 5) is 62.7. The van der Waals surface area contributed by atoms with E-state index in [1.165, 1.54) is 4.90 Å². The number of rotatable bonds is 16. The molecule has 7 N–H and O–H groups in total. The van der Waals surface area contributed by atoms with Gasteiger partial charge in [-0.1, -0.05) is 70.0 Å². The van der Waals surface area contributed by atoms with Crippen molar-refractivity contribution in [3.63, 3.8) is 0 Å². The number of phenolic OH excluding ortho intramolecular Hbond substituents is 1. The molecular weight excluding hydrogens is 807 g/mol. The Morgan fingerprint density at radius 2 is 1.61 bits per heavy atom. The van der Waals surface area contributed by atoms with Crippen LogP contribution >= 0.6 is 11.3 Å².